The van der Waals surface area contributed by atoms with Gasteiger partial charge in [0.25, 0.3) is 0 Å². The molecule has 1 aliphatic rings. The van der Waals surface area contributed by atoms with E-state index in [0.29, 0.717) is 17.4 Å². The van der Waals surface area contributed by atoms with Gasteiger partial charge in [-0.05, 0) is 52.9 Å². The van der Waals surface area contributed by atoms with Crippen LogP contribution in [0.15, 0.2) is 16.6 Å². The lowest BCUT2D eigenvalue weighted by molar-refractivity contribution is 0.0864. The molecule has 5 heteroatoms. The smallest absolute Gasteiger partial charge is 0.166 e. The van der Waals surface area contributed by atoms with Crippen LogP contribution in [0.4, 0.5) is 4.39 Å². The normalized spacial score (nSPS) is 18.0. The average Bonchev–Trinajstić information content (AvgIpc) is 2.45. The highest BCUT2D eigenvalue weighted by molar-refractivity contribution is 9.10. The molecule has 0 aliphatic heterocycles. The van der Waals surface area contributed by atoms with Gasteiger partial charge in [-0.15, -0.1) is 0 Å². The van der Waals surface area contributed by atoms with E-state index >= 15 is 0 Å². The zero-order chi connectivity index (χ0) is 14.8. The molecule has 1 aromatic rings. The first kappa shape index (κ1) is 15.9. The summed E-state index contributed by atoms with van der Waals surface area (Å²) in [7, 11) is 0. The summed E-state index contributed by atoms with van der Waals surface area (Å²) in [5.41, 5.74) is 5.78. The second-order valence-corrected chi connectivity index (χ2v) is 6.82. The predicted molar refractivity (Wildman–Crippen MR) is 82.6 cm³/mol. The molecule has 1 fully saturated rings. The summed E-state index contributed by atoms with van der Waals surface area (Å²) in [6, 6.07) is 3.09. The van der Waals surface area contributed by atoms with Gasteiger partial charge in [0, 0.05) is 10.9 Å². The highest BCUT2D eigenvalue weighted by Gasteiger charge is 2.34. The van der Waals surface area contributed by atoms with Crippen molar-refractivity contribution < 1.29 is 9.18 Å². The average molecular weight is 363 g/mol. The maximum Gasteiger partial charge on any atom is 0.166 e. The van der Waals surface area contributed by atoms with Crippen LogP contribution in [0.5, 0.6) is 0 Å². The Balaban J connectivity index is 2.21. The van der Waals surface area contributed by atoms with E-state index in [1.807, 2.05) is 0 Å². The number of benzene rings is 1. The number of Topliss-reactive ketones (excluding diaryl/α,β-unsaturated/α-hetero) is 1. The van der Waals surface area contributed by atoms with Gasteiger partial charge in [-0.2, -0.15) is 0 Å². The number of carbonyl (C=O) groups excluding carboxylic acids is 1. The fourth-order valence-electron chi connectivity index (χ4n) is 2.93. The summed E-state index contributed by atoms with van der Waals surface area (Å²) in [5.74, 6) is -0.849. The van der Waals surface area contributed by atoms with E-state index in [1.54, 1.807) is 6.07 Å². The fraction of sp³-hybridized carbons (Fsp3) is 0.533. The van der Waals surface area contributed by atoms with Crippen LogP contribution in [-0.4, -0.2) is 12.3 Å². The number of rotatable bonds is 4. The molecule has 2 N–H and O–H groups in total. The van der Waals surface area contributed by atoms with Crippen molar-refractivity contribution in [1.82, 2.24) is 0 Å². The van der Waals surface area contributed by atoms with Crippen LogP contribution in [0.2, 0.25) is 5.02 Å². The highest BCUT2D eigenvalue weighted by Crippen LogP contribution is 2.40. The Hall–Kier alpha value is -0.450. The third kappa shape index (κ3) is 3.23. The number of ketones is 1. The fourth-order valence-corrected chi connectivity index (χ4v) is 3.40. The minimum atomic E-state index is -0.644. The molecule has 110 valence electrons. The van der Waals surface area contributed by atoms with Crippen molar-refractivity contribution in [2.24, 2.45) is 11.1 Å². The van der Waals surface area contributed by atoms with Crippen LogP contribution < -0.4 is 5.73 Å². The van der Waals surface area contributed by atoms with E-state index in [1.165, 1.54) is 12.5 Å². The van der Waals surface area contributed by atoms with Gasteiger partial charge < -0.3 is 5.73 Å². The second-order valence-electron chi connectivity index (χ2n) is 5.59. The maximum atomic E-state index is 14.1. The summed E-state index contributed by atoms with van der Waals surface area (Å²) in [4.78, 5) is 12.4. The zero-order valence-corrected chi connectivity index (χ0v) is 13.6. The third-order valence-electron chi connectivity index (χ3n) is 4.22. The van der Waals surface area contributed by atoms with Gasteiger partial charge in [-0.25, -0.2) is 4.39 Å². The molecular formula is C15H18BrClFNO. The summed E-state index contributed by atoms with van der Waals surface area (Å²) < 4.78 is 14.5. The Morgan fingerprint density at radius 2 is 2.00 bits per heavy atom. The Kier molecular flexibility index (Phi) is 5.21. The van der Waals surface area contributed by atoms with Crippen LogP contribution in [0.3, 0.4) is 0 Å². The minimum absolute atomic E-state index is 0.0405. The van der Waals surface area contributed by atoms with Gasteiger partial charge in [0.1, 0.15) is 0 Å². The van der Waals surface area contributed by atoms with E-state index in [9.17, 15) is 9.18 Å². The number of carbonyl (C=O) groups is 1. The van der Waals surface area contributed by atoms with Crippen LogP contribution >= 0.6 is 27.5 Å². The molecule has 0 saturated heterocycles. The number of halogens is 3. The van der Waals surface area contributed by atoms with Gasteiger partial charge >= 0.3 is 0 Å². The quantitative estimate of drug-likeness (QED) is 0.622. The molecule has 0 radical (unpaired) electrons. The summed E-state index contributed by atoms with van der Waals surface area (Å²) in [6.07, 6.45) is 5.57. The second kappa shape index (κ2) is 6.54. The molecule has 0 heterocycles. The molecule has 0 bridgehead atoms. The molecule has 1 aliphatic carbocycles. The molecule has 0 unspecified atom stereocenters. The summed E-state index contributed by atoms with van der Waals surface area (Å²) in [5, 5.41) is -0.0405. The van der Waals surface area contributed by atoms with Crippen molar-refractivity contribution in [2.45, 2.75) is 38.5 Å². The monoisotopic (exact) mass is 361 g/mol. The van der Waals surface area contributed by atoms with Crippen molar-refractivity contribution in [1.29, 1.82) is 0 Å². The van der Waals surface area contributed by atoms with Gasteiger partial charge in [0.2, 0.25) is 0 Å². The summed E-state index contributed by atoms with van der Waals surface area (Å²) in [6.45, 7) is 0.477. The zero-order valence-electron chi connectivity index (χ0n) is 11.2. The van der Waals surface area contributed by atoms with Gasteiger partial charge in [0.15, 0.2) is 11.6 Å². The molecule has 1 aromatic carbocycles. The molecule has 0 amide bonds. The van der Waals surface area contributed by atoms with Crippen molar-refractivity contribution in [3.05, 3.63) is 33.0 Å². The van der Waals surface area contributed by atoms with Crippen molar-refractivity contribution in [2.75, 3.05) is 6.54 Å². The SMILES string of the molecule is NCC1(CC(=O)c2ccc(Br)c(Cl)c2F)CCCCC1. The highest BCUT2D eigenvalue weighted by atomic mass is 79.9. The van der Waals surface area contributed by atoms with Crippen LogP contribution in [0.25, 0.3) is 0 Å². The molecular weight excluding hydrogens is 345 g/mol. The Morgan fingerprint density at radius 3 is 2.60 bits per heavy atom. The lowest BCUT2D eigenvalue weighted by atomic mass is 9.70. The number of nitrogens with two attached hydrogens (primary N) is 1. The standard InChI is InChI=1S/C15H18BrClFNO/c16-11-5-4-10(14(18)13(11)17)12(20)8-15(9-19)6-2-1-3-7-15/h4-5H,1-3,6-9,19H2. The molecule has 20 heavy (non-hydrogen) atoms. The topological polar surface area (TPSA) is 43.1 Å². The van der Waals surface area contributed by atoms with Crippen LogP contribution in [0.1, 0.15) is 48.9 Å². The summed E-state index contributed by atoms with van der Waals surface area (Å²) >= 11 is 8.99. The van der Waals surface area contributed by atoms with Gasteiger partial charge in [0.05, 0.1) is 10.6 Å². The van der Waals surface area contributed by atoms with Crippen molar-refractivity contribution in [3.63, 3.8) is 0 Å². The predicted octanol–water partition coefficient (Wildman–Crippen LogP) is 4.72. The molecule has 0 spiro atoms. The van der Waals surface area contributed by atoms with Crippen LogP contribution in [-0.2, 0) is 0 Å². The first-order valence-electron chi connectivity index (χ1n) is 6.86. The molecule has 2 nitrogen and oxygen atoms in total. The minimum Gasteiger partial charge on any atom is -0.330 e. The lowest BCUT2D eigenvalue weighted by Gasteiger charge is -2.35. The lowest BCUT2D eigenvalue weighted by Crippen LogP contribution is -2.35. The van der Waals surface area contributed by atoms with Gasteiger partial charge in [-0.1, -0.05) is 30.9 Å². The van der Waals surface area contributed by atoms with E-state index in [-0.39, 0.29) is 21.8 Å². The van der Waals surface area contributed by atoms with E-state index < -0.39 is 5.82 Å². The third-order valence-corrected chi connectivity index (χ3v) is 5.48. The van der Waals surface area contributed by atoms with Crippen molar-refractivity contribution in [3.8, 4) is 0 Å². The Labute approximate surface area is 132 Å². The van der Waals surface area contributed by atoms with E-state index in [4.69, 9.17) is 17.3 Å². The van der Waals surface area contributed by atoms with Crippen LogP contribution in [0, 0.1) is 11.2 Å². The first-order valence-corrected chi connectivity index (χ1v) is 8.03. The Bertz CT molecular complexity index is 515. The first-order chi connectivity index (χ1) is 9.49. The Morgan fingerprint density at radius 1 is 1.35 bits per heavy atom. The molecule has 0 aromatic heterocycles. The number of hydrogen-bond acceptors (Lipinski definition) is 2. The van der Waals surface area contributed by atoms with E-state index in [2.05, 4.69) is 15.9 Å². The van der Waals surface area contributed by atoms with Gasteiger partial charge in [-0.3, -0.25) is 4.79 Å². The van der Waals surface area contributed by atoms with E-state index in [0.717, 1.165) is 25.7 Å². The maximum absolute atomic E-state index is 14.1. The molecule has 1 saturated carbocycles. The molecule has 2 rings (SSSR count). The largest absolute Gasteiger partial charge is 0.330 e. The molecule has 0 atom stereocenters. The van der Waals surface area contributed by atoms with Crippen molar-refractivity contribution >= 4 is 33.3 Å². The number of hydrogen-bond donors (Lipinski definition) is 1.